The lowest BCUT2D eigenvalue weighted by Gasteiger charge is -2.43. The molecule has 17 heteroatoms. The Morgan fingerprint density at radius 2 is 1.74 bits per heavy atom. The van der Waals surface area contributed by atoms with Crippen LogP contribution in [0.5, 0.6) is 5.75 Å². The van der Waals surface area contributed by atoms with Crippen molar-refractivity contribution in [1.29, 1.82) is 0 Å². The lowest BCUT2D eigenvalue weighted by atomic mass is 10.0. The molecule has 0 spiro atoms. The number of piperazine rings is 1. The minimum absolute atomic E-state index is 0.0401. The van der Waals surface area contributed by atoms with E-state index in [-0.39, 0.29) is 24.1 Å². The molecule has 3 aromatic carbocycles. The highest BCUT2D eigenvalue weighted by molar-refractivity contribution is 7.99. The standard InChI is InChI=1S/C48H58ClN8O6PS/c1-63-41-28-35(13-12-32(41)27-44-51-29-38(49)39(52-44)26-33-8-4-5-10-42(33)64(2,3)62)55-19-16-34(17-20-55)56-23-21-54(22-24-56)31-46(59)50-18-7-25-65-43-11-6-9-36-37(43)30-57(48(36)61)40-14-15-45(58)53-47(40)60/h4-6,8-13,28-29,34,40H,7,14-27,30-31H2,1-3H3,(H,50,59)(H,53,58,60). The third-order valence-electron chi connectivity index (χ3n) is 13.0. The summed E-state index contributed by atoms with van der Waals surface area (Å²) in [5.74, 6) is 1.39. The van der Waals surface area contributed by atoms with Crippen LogP contribution >= 0.6 is 30.5 Å². The predicted octanol–water partition coefficient (Wildman–Crippen LogP) is 5.21. The molecule has 5 heterocycles. The molecule has 8 rings (SSSR count). The van der Waals surface area contributed by atoms with Gasteiger partial charge in [0.2, 0.25) is 17.7 Å². The smallest absolute Gasteiger partial charge is 0.255 e. The Bertz CT molecular complexity index is 2470. The van der Waals surface area contributed by atoms with Crippen molar-refractivity contribution >= 4 is 65.1 Å². The first-order valence-electron chi connectivity index (χ1n) is 22.5. The average Bonchev–Trinajstić information content (AvgIpc) is 3.63. The number of hydrogen-bond acceptors (Lipinski definition) is 12. The van der Waals surface area contributed by atoms with Crippen LogP contribution in [0.4, 0.5) is 5.69 Å². The first-order valence-corrected chi connectivity index (χ1v) is 26.5. The van der Waals surface area contributed by atoms with Gasteiger partial charge in [0.25, 0.3) is 5.91 Å². The summed E-state index contributed by atoms with van der Waals surface area (Å²) in [6, 6.07) is 19.7. The number of rotatable bonds is 16. The number of carbonyl (C=O) groups is 4. The summed E-state index contributed by atoms with van der Waals surface area (Å²) in [6.45, 7) is 10.4. The fourth-order valence-corrected chi connectivity index (χ4v) is 12.0. The SMILES string of the molecule is COc1cc(N2CCC(N3CCN(CC(=O)NCCCSc4cccc5c4CN(C4CCC(=O)NC4=O)C5=O)CC3)CC2)ccc1Cc1ncc(Cl)c(Cc2ccccc2P(C)(C)=O)n1. The number of amides is 4. The number of carbonyl (C=O) groups excluding carboxylic acids is 4. The molecule has 0 aliphatic carbocycles. The van der Waals surface area contributed by atoms with Crippen LogP contribution in [0, 0.1) is 0 Å². The minimum Gasteiger partial charge on any atom is -0.496 e. The zero-order valence-electron chi connectivity index (χ0n) is 37.4. The van der Waals surface area contributed by atoms with E-state index in [1.807, 2.05) is 36.4 Å². The third kappa shape index (κ3) is 11.3. The van der Waals surface area contributed by atoms with E-state index in [0.717, 1.165) is 103 Å². The number of nitrogens with zero attached hydrogens (tertiary/aromatic N) is 6. The van der Waals surface area contributed by atoms with Crippen molar-refractivity contribution in [2.45, 2.75) is 68.5 Å². The van der Waals surface area contributed by atoms with Gasteiger partial charge in [-0.05, 0) is 74.1 Å². The van der Waals surface area contributed by atoms with Crippen molar-refractivity contribution in [1.82, 2.24) is 35.3 Å². The maximum Gasteiger partial charge on any atom is 0.255 e. The van der Waals surface area contributed by atoms with Crippen molar-refractivity contribution in [3.8, 4) is 5.75 Å². The Kier molecular flexibility index (Phi) is 15.0. The molecule has 1 unspecified atom stereocenters. The zero-order valence-corrected chi connectivity index (χ0v) is 39.9. The molecule has 1 aromatic heterocycles. The number of methoxy groups -OCH3 is 1. The Morgan fingerprint density at radius 1 is 0.954 bits per heavy atom. The molecule has 0 bridgehead atoms. The molecule has 0 radical (unpaired) electrons. The molecule has 4 aromatic rings. The van der Waals surface area contributed by atoms with Gasteiger partial charge >= 0.3 is 0 Å². The normalized spacial score (nSPS) is 18.8. The van der Waals surface area contributed by atoms with Crippen molar-refractivity contribution < 1.29 is 28.5 Å². The van der Waals surface area contributed by atoms with Crippen LogP contribution in [0.25, 0.3) is 0 Å². The summed E-state index contributed by atoms with van der Waals surface area (Å²) in [4.78, 5) is 69.4. The van der Waals surface area contributed by atoms with Crippen LogP contribution in [0.15, 0.2) is 71.8 Å². The number of ether oxygens (including phenoxy) is 1. The molecular weight excluding hydrogens is 883 g/mol. The number of halogens is 1. The molecular formula is C48H58ClN8O6PS. The van der Waals surface area contributed by atoms with Gasteiger partial charge in [0.1, 0.15) is 24.8 Å². The molecule has 344 valence electrons. The largest absolute Gasteiger partial charge is 0.496 e. The fourth-order valence-electron chi connectivity index (χ4n) is 9.47. The first kappa shape index (κ1) is 46.7. The van der Waals surface area contributed by atoms with Crippen LogP contribution in [-0.2, 0) is 38.3 Å². The van der Waals surface area contributed by atoms with Crippen molar-refractivity contribution in [3.63, 3.8) is 0 Å². The van der Waals surface area contributed by atoms with Crippen LogP contribution < -0.4 is 25.6 Å². The van der Waals surface area contributed by atoms with Gasteiger partial charge in [0.15, 0.2) is 0 Å². The number of fused-ring (bicyclic) bond motifs is 1. The monoisotopic (exact) mass is 940 g/mol. The molecule has 14 nitrogen and oxygen atoms in total. The number of thioether (sulfide) groups is 1. The molecule has 3 fully saturated rings. The number of piperidine rings is 2. The molecule has 4 aliphatic heterocycles. The number of aromatic nitrogens is 2. The molecule has 0 saturated carbocycles. The summed E-state index contributed by atoms with van der Waals surface area (Å²) in [5, 5.41) is 6.78. The first-order chi connectivity index (χ1) is 31.3. The Balaban J connectivity index is 0.744. The van der Waals surface area contributed by atoms with E-state index in [1.165, 1.54) is 0 Å². The van der Waals surface area contributed by atoms with Gasteiger partial charge in [-0.3, -0.25) is 34.3 Å². The number of nitrogens with one attached hydrogen (secondary N) is 2. The Hall–Kier alpha value is -4.79. The predicted molar refractivity (Wildman–Crippen MR) is 255 cm³/mol. The summed E-state index contributed by atoms with van der Waals surface area (Å²) >= 11 is 8.23. The number of hydrogen-bond donors (Lipinski definition) is 2. The van der Waals surface area contributed by atoms with Gasteiger partial charge in [-0.1, -0.05) is 48.0 Å². The summed E-state index contributed by atoms with van der Waals surface area (Å²) in [6.07, 6.45) is 6.10. The fraction of sp³-hybridized carbons (Fsp3) is 0.458. The number of anilines is 1. The summed E-state index contributed by atoms with van der Waals surface area (Å²) in [7, 11) is -0.781. The van der Waals surface area contributed by atoms with E-state index in [9.17, 15) is 23.7 Å². The van der Waals surface area contributed by atoms with Crippen LogP contribution in [-0.4, -0.2) is 139 Å². The van der Waals surface area contributed by atoms with E-state index in [0.29, 0.717) is 67.0 Å². The average molecular weight is 942 g/mol. The maximum absolute atomic E-state index is 13.2. The van der Waals surface area contributed by atoms with Crippen LogP contribution in [0.2, 0.25) is 5.02 Å². The topological polar surface area (TPSA) is 157 Å². The highest BCUT2D eigenvalue weighted by Gasteiger charge is 2.40. The molecule has 3 saturated heterocycles. The van der Waals surface area contributed by atoms with Crippen LogP contribution in [0.1, 0.15) is 70.7 Å². The molecule has 1 atom stereocenters. The van der Waals surface area contributed by atoms with Crippen molar-refractivity contribution in [3.05, 3.63) is 106 Å². The lowest BCUT2D eigenvalue weighted by Crippen LogP contribution is -2.54. The van der Waals surface area contributed by atoms with Crippen molar-refractivity contribution in [2.75, 3.05) is 83.5 Å². The molecule has 4 aliphatic rings. The van der Waals surface area contributed by atoms with Gasteiger partial charge < -0.3 is 24.4 Å². The van der Waals surface area contributed by atoms with Gasteiger partial charge in [0, 0.05) is 117 Å². The van der Waals surface area contributed by atoms with Gasteiger partial charge in [-0.2, -0.15) is 0 Å². The summed E-state index contributed by atoms with van der Waals surface area (Å²) < 4.78 is 18.9. The number of benzene rings is 3. The second-order valence-electron chi connectivity index (χ2n) is 17.7. The molecule has 4 amide bonds. The Morgan fingerprint density at radius 3 is 2.49 bits per heavy atom. The lowest BCUT2D eigenvalue weighted by molar-refractivity contribution is -0.137. The molecule has 2 N–H and O–H groups in total. The van der Waals surface area contributed by atoms with E-state index in [4.69, 9.17) is 21.3 Å². The highest BCUT2D eigenvalue weighted by Crippen LogP contribution is 2.37. The summed E-state index contributed by atoms with van der Waals surface area (Å²) in [5.41, 5.74) is 5.33. The van der Waals surface area contributed by atoms with Crippen LogP contribution in [0.3, 0.4) is 0 Å². The second kappa shape index (κ2) is 20.8. The van der Waals surface area contributed by atoms with Gasteiger partial charge in [-0.25, -0.2) is 9.97 Å². The van der Waals surface area contributed by atoms with Gasteiger partial charge in [0.05, 0.1) is 24.4 Å². The van der Waals surface area contributed by atoms with Gasteiger partial charge in [-0.15, -0.1) is 11.8 Å². The third-order valence-corrected chi connectivity index (χ3v) is 16.1. The van der Waals surface area contributed by atoms with E-state index < -0.39 is 19.1 Å². The Labute approximate surface area is 390 Å². The maximum atomic E-state index is 13.2. The molecule has 65 heavy (non-hydrogen) atoms. The second-order valence-corrected chi connectivity index (χ2v) is 22.4. The number of imide groups is 1. The zero-order chi connectivity index (χ0) is 45.7. The van der Waals surface area contributed by atoms with Crippen molar-refractivity contribution in [2.24, 2.45) is 0 Å². The minimum atomic E-state index is -2.48. The highest BCUT2D eigenvalue weighted by atomic mass is 35.5. The quantitative estimate of drug-likeness (QED) is 0.0656. The van der Waals surface area contributed by atoms with E-state index >= 15 is 0 Å². The van der Waals surface area contributed by atoms with E-state index in [1.54, 1.807) is 49.4 Å². The van der Waals surface area contributed by atoms with E-state index in [2.05, 4.69) is 48.5 Å².